The molecule has 1 atom stereocenters. The number of carbonyl (C=O) groups excluding carboxylic acids is 1. The molecule has 7 nitrogen and oxygen atoms in total. The molecule has 1 saturated heterocycles. The van der Waals surface area contributed by atoms with E-state index in [4.69, 9.17) is 14.9 Å². The van der Waals surface area contributed by atoms with Crippen LogP contribution >= 0.6 is 0 Å². The number of nitrogens with zero attached hydrogens (tertiary/aromatic N) is 1. The van der Waals surface area contributed by atoms with Gasteiger partial charge in [-0.2, -0.15) is 0 Å². The number of carboxylic acid groups (broad SMARTS) is 2. The number of ether oxygens (including phenoxy) is 1. The third kappa shape index (κ3) is 4.89. The van der Waals surface area contributed by atoms with E-state index in [2.05, 4.69) is 0 Å². The van der Waals surface area contributed by atoms with Crippen LogP contribution in [0, 0.1) is 17.8 Å². The minimum Gasteiger partial charge on any atom is -0.481 e. The van der Waals surface area contributed by atoms with Gasteiger partial charge in [0, 0.05) is 13.1 Å². The number of aliphatic carboxylic acids is 2. The van der Waals surface area contributed by atoms with Crippen molar-refractivity contribution in [2.24, 2.45) is 17.8 Å². The molecule has 0 bridgehead atoms. The van der Waals surface area contributed by atoms with E-state index < -0.39 is 29.4 Å². The number of carbonyl (C=O) groups is 3. The molecule has 1 unspecified atom stereocenters. The summed E-state index contributed by atoms with van der Waals surface area (Å²) in [6, 6.07) is 0. The molecule has 1 amide bonds. The maximum Gasteiger partial charge on any atom is 0.410 e. The fraction of sp³-hybridized carbons (Fsp3) is 0.800. The third-order valence-electron chi connectivity index (χ3n) is 3.99. The summed E-state index contributed by atoms with van der Waals surface area (Å²) in [6.07, 6.45) is 0.779. The van der Waals surface area contributed by atoms with Crippen molar-refractivity contribution in [3.05, 3.63) is 0 Å². The molecule has 7 heteroatoms. The SMILES string of the molecule is CC(C1CCN(C(=O)OC(C)(C)C)CC1)C(C(=O)O)C(=O)O. The highest BCUT2D eigenvalue weighted by Crippen LogP contribution is 2.31. The lowest BCUT2D eigenvalue weighted by Crippen LogP contribution is -2.44. The highest BCUT2D eigenvalue weighted by atomic mass is 16.6. The molecule has 1 aliphatic rings. The Morgan fingerprint density at radius 2 is 1.55 bits per heavy atom. The number of rotatable bonds is 4. The smallest absolute Gasteiger partial charge is 0.410 e. The summed E-state index contributed by atoms with van der Waals surface area (Å²) >= 11 is 0. The minimum absolute atomic E-state index is 0.0316. The first-order valence-electron chi connectivity index (χ1n) is 7.46. The van der Waals surface area contributed by atoms with Crippen LogP contribution in [0.2, 0.25) is 0 Å². The second-order valence-electron chi connectivity index (χ2n) is 6.82. The molecule has 0 spiro atoms. The Bertz CT molecular complexity index is 420. The monoisotopic (exact) mass is 315 g/mol. The summed E-state index contributed by atoms with van der Waals surface area (Å²) in [5.74, 6) is -4.53. The number of likely N-dealkylation sites (tertiary alicyclic amines) is 1. The van der Waals surface area contributed by atoms with Crippen molar-refractivity contribution in [2.45, 2.75) is 46.1 Å². The fourth-order valence-corrected chi connectivity index (χ4v) is 2.76. The lowest BCUT2D eigenvalue weighted by Gasteiger charge is -2.36. The second-order valence-corrected chi connectivity index (χ2v) is 6.82. The van der Waals surface area contributed by atoms with Gasteiger partial charge >= 0.3 is 18.0 Å². The minimum atomic E-state index is -1.40. The van der Waals surface area contributed by atoms with E-state index in [1.807, 2.05) is 0 Å². The van der Waals surface area contributed by atoms with Crippen molar-refractivity contribution < 1.29 is 29.3 Å². The van der Waals surface area contributed by atoms with E-state index in [0.29, 0.717) is 25.9 Å². The first-order chi connectivity index (χ1) is 10.0. The molecule has 22 heavy (non-hydrogen) atoms. The average Bonchev–Trinajstić information content (AvgIpc) is 2.35. The molecule has 1 aliphatic heterocycles. The Labute approximate surface area is 130 Å². The zero-order valence-electron chi connectivity index (χ0n) is 13.5. The van der Waals surface area contributed by atoms with Crippen molar-refractivity contribution in [3.63, 3.8) is 0 Å². The van der Waals surface area contributed by atoms with E-state index in [9.17, 15) is 14.4 Å². The van der Waals surface area contributed by atoms with Crippen LogP contribution in [0.4, 0.5) is 4.79 Å². The van der Waals surface area contributed by atoms with Gasteiger partial charge in [0.05, 0.1) is 0 Å². The summed E-state index contributed by atoms with van der Waals surface area (Å²) in [4.78, 5) is 35.7. The summed E-state index contributed by atoms with van der Waals surface area (Å²) < 4.78 is 5.30. The largest absolute Gasteiger partial charge is 0.481 e. The topological polar surface area (TPSA) is 104 Å². The van der Waals surface area contributed by atoms with E-state index in [1.54, 1.807) is 32.6 Å². The summed E-state index contributed by atoms with van der Waals surface area (Å²) in [5, 5.41) is 18.1. The molecule has 0 saturated carbocycles. The van der Waals surface area contributed by atoms with Gasteiger partial charge in [0.15, 0.2) is 5.92 Å². The van der Waals surface area contributed by atoms with Crippen LogP contribution in [-0.4, -0.2) is 51.8 Å². The molecule has 1 heterocycles. The molecular weight excluding hydrogens is 290 g/mol. The van der Waals surface area contributed by atoms with Crippen molar-refractivity contribution in [3.8, 4) is 0 Å². The highest BCUT2D eigenvalue weighted by Gasteiger charge is 2.38. The van der Waals surface area contributed by atoms with E-state index in [1.165, 1.54) is 0 Å². The van der Waals surface area contributed by atoms with Gasteiger partial charge in [0.25, 0.3) is 0 Å². The molecule has 0 aromatic carbocycles. The molecule has 0 radical (unpaired) electrons. The fourth-order valence-electron chi connectivity index (χ4n) is 2.76. The van der Waals surface area contributed by atoms with Gasteiger partial charge < -0.3 is 19.8 Å². The van der Waals surface area contributed by atoms with Crippen LogP contribution in [0.3, 0.4) is 0 Å². The maximum absolute atomic E-state index is 12.0. The molecule has 0 aromatic heterocycles. The molecule has 1 rings (SSSR count). The van der Waals surface area contributed by atoms with Crippen LogP contribution < -0.4 is 0 Å². The normalized spacial score (nSPS) is 18.1. The van der Waals surface area contributed by atoms with E-state index in [0.717, 1.165) is 0 Å². The standard InChI is InChI=1S/C15H25NO6/c1-9(11(12(17)18)13(19)20)10-5-7-16(8-6-10)14(21)22-15(2,3)4/h9-11H,5-8H2,1-4H3,(H,17,18)(H,19,20). The quantitative estimate of drug-likeness (QED) is 0.769. The number of hydrogen-bond donors (Lipinski definition) is 2. The lowest BCUT2D eigenvalue weighted by atomic mass is 9.78. The number of carboxylic acids is 2. The Morgan fingerprint density at radius 1 is 1.09 bits per heavy atom. The summed E-state index contributed by atoms with van der Waals surface area (Å²) in [7, 11) is 0. The predicted octanol–water partition coefficient (Wildman–Crippen LogP) is 2.05. The number of amides is 1. The molecule has 1 fully saturated rings. The summed E-state index contributed by atoms with van der Waals surface area (Å²) in [6.45, 7) is 7.95. The van der Waals surface area contributed by atoms with Crippen LogP contribution in [0.1, 0.15) is 40.5 Å². The van der Waals surface area contributed by atoms with E-state index in [-0.39, 0.29) is 12.0 Å². The van der Waals surface area contributed by atoms with Gasteiger partial charge in [-0.25, -0.2) is 4.79 Å². The van der Waals surface area contributed by atoms with Crippen LogP contribution in [0.5, 0.6) is 0 Å². The maximum atomic E-state index is 12.0. The second kappa shape index (κ2) is 6.98. The van der Waals surface area contributed by atoms with Crippen molar-refractivity contribution >= 4 is 18.0 Å². The molecule has 0 aromatic rings. The molecule has 126 valence electrons. The van der Waals surface area contributed by atoms with Gasteiger partial charge in [-0.1, -0.05) is 6.92 Å². The van der Waals surface area contributed by atoms with Crippen LogP contribution in [-0.2, 0) is 14.3 Å². The van der Waals surface area contributed by atoms with Gasteiger partial charge in [0.1, 0.15) is 5.60 Å². The Hall–Kier alpha value is -1.79. The first-order valence-corrected chi connectivity index (χ1v) is 7.46. The van der Waals surface area contributed by atoms with Gasteiger partial charge in [-0.05, 0) is 45.4 Å². The molecule has 2 N–H and O–H groups in total. The van der Waals surface area contributed by atoms with Crippen molar-refractivity contribution in [1.82, 2.24) is 4.90 Å². The van der Waals surface area contributed by atoms with Crippen LogP contribution in [0.25, 0.3) is 0 Å². The number of hydrogen-bond acceptors (Lipinski definition) is 4. The van der Waals surface area contributed by atoms with Crippen molar-refractivity contribution in [2.75, 3.05) is 13.1 Å². The highest BCUT2D eigenvalue weighted by molar-refractivity contribution is 5.93. The van der Waals surface area contributed by atoms with Gasteiger partial charge in [-0.15, -0.1) is 0 Å². The Kier molecular flexibility index (Phi) is 5.79. The third-order valence-corrected chi connectivity index (χ3v) is 3.99. The molecule has 0 aliphatic carbocycles. The van der Waals surface area contributed by atoms with Crippen molar-refractivity contribution in [1.29, 1.82) is 0 Å². The first kappa shape index (κ1) is 18.3. The lowest BCUT2D eigenvalue weighted by molar-refractivity contribution is -0.158. The van der Waals surface area contributed by atoms with E-state index >= 15 is 0 Å². The Morgan fingerprint density at radius 3 is 1.91 bits per heavy atom. The zero-order chi connectivity index (χ0) is 17.1. The summed E-state index contributed by atoms with van der Waals surface area (Å²) in [5.41, 5.74) is -0.557. The molecular formula is C15H25NO6. The zero-order valence-corrected chi connectivity index (χ0v) is 13.5. The average molecular weight is 315 g/mol. The predicted molar refractivity (Wildman–Crippen MR) is 78.5 cm³/mol. The Balaban J connectivity index is 2.59. The van der Waals surface area contributed by atoms with Crippen LogP contribution in [0.15, 0.2) is 0 Å². The number of piperidine rings is 1. The van der Waals surface area contributed by atoms with Gasteiger partial charge in [0.2, 0.25) is 0 Å². The van der Waals surface area contributed by atoms with Gasteiger partial charge in [-0.3, -0.25) is 9.59 Å².